The fourth-order valence-electron chi connectivity index (χ4n) is 3.06. The van der Waals surface area contributed by atoms with Gasteiger partial charge in [-0.15, -0.1) is 0 Å². The molecule has 2 heterocycles. The van der Waals surface area contributed by atoms with E-state index < -0.39 is 0 Å². The number of rotatable bonds is 4. The van der Waals surface area contributed by atoms with E-state index in [1.165, 1.54) is 0 Å². The number of carbonyl (C=O) groups is 1. The number of halogens is 1. The zero-order chi connectivity index (χ0) is 19.5. The van der Waals surface area contributed by atoms with Crippen molar-refractivity contribution in [3.63, 3.8) is 0 Å². The second-order valence-corrected chi connectivity index (χ2v) is 7.02. The molecule has 4 nitrogen and oxygen atoms in total. The van der Waals surface area contributed by atoms with Gasteiger partial charge in [0.25, 0.3) is 5.91 Å². The van der Waals surface area contributed by atoms with E-state index in [1.54, 1.807) is 6.20 Å². The molecule has 0 saturated heterocycles. The third-order valence-corrected chi connectivity index (χ3v) is 4.76. The zero-order valence-corrected chi connectivity index (χ0v) is 16.1. The Morgan fingerprint density at radius 1 is 1.04 bits per heavy atom. The van der Waals surface area contributed by atoms with E-state index >= 15 is 0 Å². The molecule has 1 N–H and O–H groups in total. The molecule has 2 aromatic heterocycles. The van der Waals surface area contributed by atoms with Crippen LogP contribution in [0.2, 0.25) is 5.02 Å². The van der Waals surface area contributed by atoms with Gasteiger partial charge in [0.05, 0.1) is 29.0 Å². The molecule has 0 aliphatic rings. The average Bonchev–Trinajstić information content (AvgIpc) is 2.72. The van der Waals surface area contributed by atoms with Gasteiger partial charge >= 0.3 is 0 Å². The minimum absolute atomic E-state index is 0.154. The lowest BCUT2D eigenvalue weighted by Crippen LogP contribution is -2.23. The summed E-state index contributed by atoms with van der Waals surface area (Å²) in [5.74, 6) is -0.154. The molecule has 2 aromatic carbocycles. The van der Waals surface area contributed by atoms with Crippen molar-refractivity contribution in [2.45, 2.75) is 13.5 Å². The molecule has 0 fully saturated rings. The molecule has 4 rings (SSSR count). The second kappa shape index (κ2) is 7.79. The molecular formula is C23H18ClN3O. The lowest BCUT2D eigenvalue weighted by Gasteiger charge is -2.11. The van der Waals surface area contributed by atoms with Crippen molar-refractivity contribution in [1.82, 2.24) is 15.3 Å². The monoisotopic (exact) mass is 387 g/mol. The van der Waals surface area contributed by atoms with Gasteiger partial charge in [0.15, 0.2) is 0 Å². The Morgan fingerprint density at radius 2 is 1.86 bits per heavy atom. The topological polar surface area (TPSA) is 54.9 Å². The van der Waals surface area contributed by atoms with Crippen LogP contribution in [0.3, 0.4) is 0 Å². The van der Waals surface area contributed by atoms with Gasteiger partial charge in [0, 0.05) is 22.2 Å². The molecule has 0 bridgehead atoms. The van der Waals surface area contributed by atoms with E-state index in [4.69, 9.17) is 16.6 Å². The summed E-state index contributed by atoms with van der Waals surface area (Å²) in [6.45, 7) is 2.37. The van der Waals surface area contributed by atoms with Crippen LogP contribution in [-0.2, 0) is 6.54 Å². The molecule has 0 aliphatic heterocycles. The molecular weight excluding hydrogens is 370 g/mol. The maximum Gasteiger partial charge on any atom is 0.252 e. The van der Waals surface area contributed by atoms with Crippen LogP contribution < -0.4 is 5.32 Å². The van der Waals surface area contributed by atoms with Crippen molar-refractivity contribution in [2.75, 3.05) is 0 Å². The Morgan fingerprint density at radius 3 is 2.61 bits per heavy atom. The predicted octanol–water partition coefficient (Wildman–Crippen LogP) is 5.19. The number of hydrogen-bond donors (Lipinski definition) is 1. The lowest BCUT2D eigenvalue weighted by atomic mass is 10.0. The van der Waals surface area contributed by atoms with Gasteiger partial charge < -0.3 is 5.32 Å². The van der Waals surface area contributed by atoms with E-state index in [0.717, 1.165) is 33.4 Å². The number of nitrogens with zero attached hydrogens (tertiary/aromatic N) is 2. The summed E-state index contributed by atoms with van der Waals surface area (Å²) in [6.07, 6.45) is 1.71. The Bertz CT molecular complexity index is 1140. The molecule has 138 valence electrons. The van der Waals surface area contributed by atoms with Crippen molar-refractivity contribution in [2.24, 2.45) is 0 Å². The molecule has 5 heteroatoms. The van der Waals surface area contributed by atoms with Crippen molar-refractivity contribution in [3.8, 4) is 11.3 Å². The van der Waals surface area contributed by atoms with E-state index in [-0.39, 0.29) is 5.91 Å². The van der Waals surface area contributed by atoms with E-state index in [1.807, 2.05) is 73.7 Å². The van der Waals surface area contributed by atoms with Crippen LogP contribution in [0.5, 0.6) is 0 Å². The summed E-state index contributed by atoms with van der Waals surface area (Å²) in [6, 6.07) is 20.8. The van der Waals surface area contributed by atoms with Gasteiger partial charge in [-0.05, 0) is 49.4 Å². The average molecular weight is 388 g/mol. The number of fused-ring (bicyclic) bond motifs is 1. The van der Waals surface area contributed by atoms with Crippen molar-refractivity contribution in [3.05, 3.63) is 94.8 Å². The van der Waals surface area contributed by atoms with E-state index in [0.29, 0.717) is 17.1 Å². The van der Waals surface area contributed by atoms with Gasteiger partial charge in [0.2, 0.25) is 0 Å². The number of hydrogen-bond acceptors (Lipinski definition) is 3. The van der Waals surface area contributed by atoms with Gasteiger partial charge in [-0.2, -0.15) is 0 Å². The minimum Gasteiger partial charge on any atom is -0.346 e. The van der Waals surface area contributed by atoms with Gasteiger partial charge in [-0.1, -0.05) is 41.4 Å². The van der Waals surface area contributed by atoms with Crippen LogP contribution in [-0.4, -0.2) is 15.9 Å². The van der Waals surface area contributed by atoms with Crippen LogP contribution in [0, 0.1) is 6.92 Å². The molecule has 0 saturated carbocycles. The standard InChI is InChI=1S/C23H18ClN3O/c1-15-5-10-21-19(12-15)20(23(28)26-14-18-4-2-3-11-25-18)13-22(27-21)16-6-8-17(24)9-7-16/h2-13H,14H2,1H3,(H,26,28). The summed E-state index contributed by atoms with van der Waals surface area (Å²) in [5, 5.41) is 4.45. The number of aryl methyl sites for hydroxylation is 1. The summed E-state index contributed by atoms with van der Waals surface area (Å²) in [7, 11) is 0. The zero-order valence-electron chi connectivity index (χ0n) is 15.3. The van der Waals surface area contributed by atoms with Crippen molar-refractivity contribution < 1.29 is 4.79 Å². The Labute approximate surface area is 168 Å². The first-order valence-corrected chi connectivity index (χ1v) is 9.33. The maximum atomic E-state index is 13.0. The number of benzene rings is 2. The molecule has 0 spiro atoms. The Balaban J connectivity index is 1.75. The van der Waals surface area contributed by atoms with Gasteiger partial charge in [0.1, 0.15) is 0 Å². The highest BCUT2D eigenvalue weighted by Crippen LogP contribution is 2.26. The fraction of sp³-hybridized carbons (Fsp3) is 0.0870. The third kappa shape index (κ3) is 3.87. The third-order valence-electron chi connectivity index (χ3n) is 4.51. The number of pyridine rings is 2. The highest BCUT2D eigenvalue weighted by atomic mass is 35.5. The molecule has 1 amide bonds. The van der Waals surface area contributed by atoms with Crippen LogP contribution in [0.15, 0.2) is 72.9 Å². The van der Waals surface area contributed by atoms with Crippen LogP contribution in [0.1, 0.15) is 21.6 Å². The molecule has 0 atom stereocenters. The van der Waals surface area contributed by atoms with Gasteiger partial charge in [-0.25, -0.2) is 4.98 Å². The number of amides is 1. The largest absolute Gasteiger partial charge is 0.346 e. The second-order valence-electron chi connectivity index (χ2n) is 6.59. The van der Waals surface area contributed by atoms with Crippen LogP contribution in [0.4, 0.5) is 0 Å². The summed E-state index contributed by atoms with van der Waals surface area (Å²) in [4.78, 5) is 22.0. The molecule has 0 unspecified atom stereocenters. The molecule has 0 aliphatic carbocycles. The quantitative estimate of drug-likeness (QED) is 0.524. The highest BCUT2D eigenvalue weighted by Gasteiger charge is 2.14. The van der Waals surface area contributed by atoms with E-state index in [2.05, 4.69) is 10.3 Å². The van der Waals surface area contributed by atoms with E-state index in [9.17, 15) is 4.79 Å². The van der Waals surface area contributed by atoms with Gasteiger partial charge in [-0.3, -0.25) is 9.78 Å². The lowest BCUT2D eigenvalue weighted by molar-refractivity contribution is 0.0952. The first-order valence-electron chi connectivity index (χ1n) is 8.95. The molecule has 28 heavy (non-hydrogen) atoms. The van der Waals surface area contributed by atoms with Crippen LogP contribution in [0.25, 0.3) is 22.2 Å². The first-order chi connectivity index (χ1) is 13.6. The fourth-order valence-corrected chi connectivity index (χ4v) is 3.19. The van der Waals surface area contributed by atoms with Crippen molar-refractivity contribution in [1.29, 1.82) is 0 Å². The Hall–Kier alpha value is -3.24. The molecule has 0 radical (unpaired) electrons. The van der Waals surface area contributed by atoms with Crippen LogP contribution >= 0.6 is 11.6 Å². The Kier molecular flexibility index (Phi) is 5.04. The predicted molar refractivity (Wildman–Crippen MR) is 112 cm³/mol. The van der Waals surface area contributed by atoms with Crippen molar-refractivity contribution >= 4 is 28.4 Å². The summed E-state index contributed by atoms with van der Waals surface area (Å²) < 4.78 is 0. The molecule has 4 aromatic rings. The first kappa shape index (κ1) is 18.1. The highest BCUT2D eigenvalue weighted by molar-refractivity contribution is 6.30. The minimum atomic E-state index is -0.154. The SMILES string of the molecule is Cc1ccc2nc(-c3ccc(Cl)cc3)cc(C(=O)NCc3ccccn3)c2c1. The maximum absolute atomic E-state index is 13.0. The summed E-state index contributed by atoms with van der Waals surface area (Å²) >= 11 is 6.00. The smallest absolute Gasteiger partial charge is 0.252 e. The number of carbonyl (C=O) groups excluding carboxylic acids is 1. The normalized spacial score (nSPS) is 10.8. The summed E-state index contributed by atoms with van der Waals surface area (Å²) in [5.41, 5.74) is 4.90. The number of aromatic nitrogens is 2. The number of nitrogens with one attached hydrogen (secondary N) is 1.